The lowest BCUT2D eigenvalue weighted by atomic mass is 10.1. The van der Waals surface area contributed by atoms with Gasteiger partial charge in [0.15, 0.2) is 0 Å². The number of carbonyl (C=O) groups excluding carboxylic acids is 2. The van der Waals surface area contributed by atoms with Crippen LogP contribution in [0, 0.1) is 5.92 Å². The predicted octanol–water partition coefficient (Wildman–Crippen LogP) is 2.21. The molecule has 0 N–H and O–H groups in total. The molecule has 0 amide bonds. The smallest absolute Gasteiger partial charge is 0.321 e. The fourth-order valence-corrected chi connectivity index (χ4v) is 1.23. The monoisotopic (exact) mass is 206 g/mol. The summed E-state index contributed by atoms with van der Waals surface area (Å²) in [5.74, 6) is -0.640. The van der Waals surface area contributed by atoms with Gasteiger partial charge in [-0.2, -0.15) is 0 Å². The van der Waals surface area contributed by atoms with Crippen molar-refractivity contribution in [3.05, 3.63) is 30.3 Å². The second kappa shape index (κ2) is 5.96. The Labute approximate surface area is 89.1 Å². The molecule has 0 aliphatic carbocycles. The van der Waals surface area contributed by atoms with Crippen molar-refractivity contribution in [2.24, 2.45) is 5.92 Å². The molecule has 0 fully saturated rings. The number of rotatable bonds is 5. The summed E-state index contributed by atoms with van der Waals surface area (Å²) in [6.45, 7) is 1.92. The van der Waals surface area contributed by atoms with E-state index in [4.69, 9.17) is 4.74 Å². The lowest BCUT2D eigenvalue weighted by Crippen LogP contribution is -2.21. The minimum absolute atomic E-state index is 0.474. The summed E-state index contributed by atoms with van der Waals surface area (Å²) in [7, 11) is 0. The zero-order valence-electron chi connectivity index (χ0n) is 8.68. The van der Waals surface area contributed by atoms with Crippen LogP contribution >= 0.6 is 0 Å². The van der Waals surface area contributed by atoms with E-state index >= 15 is 0 Å². The molecule has 0 saturated carbocycles. The number of hydrogen-bond donors (Lipinski definition) is 0. The zero-order chi connectivity index (χ0) is 11.1. The van der Waals surface area contributed by atoms with Crippen molar-refractivity contribution in [3.8, 4) is 5.75 Å². The standard InChI is InChI=1S/C12H14O3/c1-2-6-10(9-13)12(14)15-11-7-4-3-5-8-11/h3-5,7-10H,2,6H2,1H3. The molecule has 1 aromatic carbocycles. The molecule has 0 radical (unpaired) electrons. The summed E-state index contributed by atoms with van der Waals surface area (Å²) in [4.78, 5) is 22.1. The summed E-state index contributed by atoms with van der Waals surface area (Å²) >= 11 is 0. The predicted molar refractivity (Wildman–Crippen MR) is 56.5 cm³/mol. The van der Waals surface area contributed by atoms with Crippen LogP contribution in [0.5, 0.6) is 5.75 Å². The molecule has 3 nitrogen and oxygen atoms in total. The molecular formula is C12H14O3. The Morgan fingerprint density at radius 1 is 1.40 bits per heavy atom. The second-order valence-corrected chi connectivity index (χ2v) is 3.27. The minimum Gasteiger partial charge on any atom is -0.426 e. The molecular weight excluding hydrogens is 192 g/mol. The van der Waals surface area contributed by atoms with Crippen LogP contribution in [0.1, 0.15) is 19.8 Å². The molecule has 0 saturated heterocycles. The Morgan fingerprint density at radius 3 is 2.60 bits per heavy atom. The number of carbonyl (C=O) groups is 2. The van der Waals surface area contributed by atoms with Crippen LogP contribution in [-0.4, -0.2) is 12.3 Å². The van der Waals surface area contributed by atoms with Crippen molar-refractivity contribution >= 4 is 12.3 Å². The molecule has 1 atom stereocenters. The van der Waals surface area contributed by atoms with Crippen LogP contribution in [0.15, 0.2) is 30.3 Å². The highest BCUT2D eigenvalue weighted by Gasteiger charge is 2.18. The van der Waals surface area contributed by atoms with E-state index in [0.29, 0.717) is 18.5 Å². The highest BCUT2D eigenvalue weighted by atomic mass is 16.5. The van der Waals surface area contributed by atoms with Gasteiger partial charge in [-0.25, -0.2) is 0 Å². The lowest BCUT2D eigenvalue weighted by Gasteiger charge is -2.08. The van der Waals surface area contributed by atoms with Crippen LogP contribution < -0.4 is 4.74 Å². The number of ether oxygens (including phenoxy) is 1. The van der Waals surface area contributed by atoms with E-state index in [1.165, 1.54) is 0 Å². The van der Waals surface area contributed by atoms with Crippen LogP contribution in [0.3, 0.4) is 0 Å². The largest absolute Gasteiger partial charge is 0.426 e. The van der Waals surface area contributed by atoms with Gasteiger partial charge in [-0.05, 0) is 18.6 Å². The number of esters is 1. The van der Waals surface area contributed by atoms with E-state index in [9.17, 15) is 9.59 Å². The van der Waals surface area contributed by atoms with Crippen molar-refractivity contribution < 1.29 is 14.3 Å². The average molecular weight is 206 g/mol. The first-order valence-corrected chi connectivity index (χ1v) is 5.00. The maximum Gasteiger partial charge on any atom is 0.321 e. The van der Waals surface area contributed by atoms with Crippen LogP contribution in [0.25, 0.3) is 0 Å². The van der Waals surface area contributed by atoms with E-state index < -0.39 is 11.9 Å². The first-order chi connectivity index (χ1) is 7.27. The van der Waals surface area contributed by atoms with Crippen molar-refractivity contribution in [2.45, 2.75) is 19.8 Å². The molecule has 0 aliphatic heterocycles. The summed E-state index contributed by atoms with van der Waals surface area (Å²) in [5, 5.41) is 0. The van der Waals surface area contributed by atoms with Crippen molar-refractivity contribution in [3.63, 3.8) is 0 Å². The molecule has 15 heavy (non-hydrogen) atoms. The number of para-hydroxylation sites is 1. The normalized spacial score (nSPS) is 11.8. The maximum absolute atomic E-state index is 11.5. The molecule has 3 heteroatoms. The van der Waals surface area contributed by atoms with E-state index in [0.717, 1.165) is 6.42 Å². The van der Waals surface area contributed by atoms with Gasteiger partial charge in [-0.15, -0.1) is 0 Å². The average Bonchev–Trinajstić information content (AvgIpc) is 2.27. The van der Waals surface area contributed by atoms with Gasteiger partial charge in [0.2, 0.25) is 0 Å². The van der Waals surface area contributed by atoms with Gasteiger partial charge >= 0.3 is 5.97 Å². The lowest BCUT2D eigenvalue weighted by molar-refractivity contribution is -0.141. The van der Waals surface area contributed by atoms with Crippen molar-refractivity contribution in [2.75, 3.05) is 0 Å². The Balaban J connectivity index is 2.58. The molecule has 1 unspecified atom stereocenters. The van der Waals surface area contributed by atoms with Crippen molar-refractivity contribution in [1.29, 1.82) is 0 Å². The second-order valence-electron chi connectivity index (χ2n) is 3.27. The Morgan fingerprint density at radius 2 is 2.07 bits per heavy atom. The van der Waals surface area contributed by atoms with E-state index in [-0.39, 0.29) is 0 Å². The highest BCUT2D eigenvalue weighted by molar-refractivity contribution is 5.88. The third kappa shape index (κ3) is 3.54. The van der Waals surface area contributed by atoms with E-state index in [1.54, 1.807) is 24.3 Å². The Hall–Kier alpha value is -1.64. The highest BCUT2D eigenvalue weighted by Crippen LogP contribution is 2.12. The molecule has 0 aromatic heterocycles. The van der Waals surface area contributed by atoms with E-state index in [2.05, 4.69) is 0 Å². The van der Waals surface area contributed by atoms with Gasteiger partial charge in [-0.3, -0.25) is 4.79 Å². The molecule has 0 bridgehead atoms. The van der Waals surface area contributed by atoms with E-state index in [1.807, 2.05) is 13.0 Å². The van der Waals surface area contributed by atoms with Crippen molar-refractivity contribution in [1.82, 2.24) is 0 Å². The SMILES string of the molecule is CCCC(C=O)C(=O)Oc1ccccc1. The fraction of sp³-hybridized carbons (Fsp3) is 0.333. The molecule has 0 aliphatic rings. The van der Waals surface area contributed by atoms with Crippen LogP contribution in [-0.2, 0) is 9.59 Å². The fourth-order valence-electron chi connectivity index (χ4n) is 1.23. The summed E-state index contributed by atoms with van der Waals surface area (Å²) in [5.41, 5.74) is 0. The van der Waals surface area contributed by atoms with Crippen LogP contribution in [0.2, 0.25) is 0 Å². The molecule has 80 valence electrons. The molecule has 1 aromatic rings. The number of benzene rings is 1. The molecule has 0 heterocycles. The maximum atomic E-state index is 11.5. The number of hydrogen-bond acceptors (Lipinski definition) is 3. The van der Waals surface area contributed by atoms with Gasteiger partial charge in [0, 0.05) is 0 Å². The minimum atomic E-state index is -0.643. The first-order valence-electron chi connectivity index (χ1n) is 5.00. The Bertz CT molecular complexity index is 319. The van der Waals surface area contributed by atoms with Crippen LogP contribution in [0.4, 0.5) is 0 Å². The number of aldehydes is 1. The van der Waals surface area contributed by atoms with Gasteiger partial charge in [-0.1, -0.05) is 31.5 Å². The summed E-state index contributed by atoms with van der Waals surface area (Å²) in [6.07, 6.45) is 1.97. The Kier molecular flexibility index (Phi) is 4.54. The third-order valence-electron chi connectivity index (χ3n) is 2.03. The van der Waals surface area contributed by atoms with Gasteiger partial charge in [0.1, 0.15) is 18.0 Å². The first kappa shape index (κ1) is 11.4. The van der Waals surface area contributed by atoms with Gasteiger partial charge in [0.25, 0.3) is 0 Å². The third-order valence-corrected chi connectivity index (χ3v) is 2.03. The molecule has 0 spiro atoms. The summed E-state index contributed by atoms with van der Waals surface area (Å²) in [6, 6.07) is 8.76. The zero-order valence-corrected chi connectivity index (χ0v) is 8.68. The topological polar surface area (TPSA) is 43.4 Å². The van der Waals surface area contributed by atoms with Gasteiger partial charge < -0.3 is 9.53 Å². The van der Waals surface area contributed by atoms with Gasteiger partial charge in [0.05, 0.1) is 0 Å². The quantitative estimate of drug-likeness (QED) is 0.321. The summed E-state index contributed by atoms with van der Waals surface area (Å²) < 4.78 is 5.05. The molecule has 1 rings (SSSR count).